The molecule has 9 aromatic carbocycles. The molecule has 2 aliphatic rings. The minimum absolute atomic E-state index is 0.0221. The van der Waals surface area contributed by atoms with Crippen LogP contribution in [-0.4, -0.2) is 15.6 Å². The number of ether oxygens (including phenoxy) is 1. The normalized spacial score (nSPS) is 15.3. The van der Waals surface area contributed by atoms with Crippen LogP contribution < -0.4 is 13.9 Å². The fourth-order valence-corrected chi connectivity index (χ4v) is 13.0. The summed E-state index contributed by atoms with van der Waals surface area (Å²) in [6.45, 7) is 27.5. The van der Waals surface area contributed by atoms with E-state index in [0.29, 0.717) is 22.9 Å². The summed E-state index contributed by atoms with van der Waals surface area (Å²) in [5, 5.41) is 2.03. The van der Waals surface area contributed by atoms with Crippen LogP contribution in [0.25, 0.3) is 72.1 Å². The van der Waals surface area contributed by atoms with Gasteiger partial charge in [0.25, 0.3) is 11.4 Å². The van der Waals surface area contributed by atoms with E-state index in [4.69, 9.17) is 13.8 Å². The number of benzene rings is 9. The Balaban J connectivity index is 0.970. The molecule has 11 aromatic rings. The van der Waals surface area contributed by atoms with Crippen molar-refractivity contribution < 1.29 is 8.85 Å². The van der Waals surface area contributed by atoms with E-state index in [0.717, 1.165) is 90.8 Å². The van der Waals surface area contributed by atoms with Gasteiger partial charge in [0.2, 0.25) is 11.4 Å². The fraction of sp³-hybridized carbons (Fsp3) is 0.259. The average Bonchev–Trinajstić information content (AvgIpc) is 1.69. The predicted octanol–water partition coefficient (Wildman–Crippen LogP) is 22.0. The van der Waals surface area contributed by atoms with Crippen LogP contribution in [0, 0.1) is 6.85 Å². The standard InChI is InChI=1S/C81H80N4O/c1-52-41-74(82-50-67(52)55-35-38-68-69(44-55)81(13,14)40-39-80(68,11)12)85-72-34-24-31-63(53-25-17-15-18-26-53)75(72)64-37-36-62(49-73(64)85)86-61-30-23-29-60(48-61)83-51-84(71-33-22-21-32-70(71)83)76-65(54-27-19-16-20-28-54)46-59(79(8,9)10)47-66(76)56-42-57(77(2,3)4)45-58(43-56)78(5,6)7/h15-38,41-50H,39-40H2,1-14H3/q+2/i1D3. The highest BCUT2D eigenvalue weighted by Gasteiger charge is 2.41. The molecular formula is C81H80N4O+2. The lowest BCUT2D eigenvalue weighted by atomic mass is 9.63. The highest BCUT2D eigenvalue weighted by Crippen LogP contribution is 2.50. The van der Waals surface area contributed by atoms with Gasteiger partial charge in [-0.1, -0.05) is 217 Å². The highest BCUT2D eigenvalue weighted by atomic mass is 16.5. The first-order valence-corrected chi connectivity index (χ1v) is 30.6. The molecule has 1 aliphatic heterocycles. The molecule has 86 heavy (non-hydrogen) atoms. The van der Waals surface area contributed by atoms with Gasteiger partial charge < -0.3 is 4.74 Å². The van der Waals surface area contributed by atoms with Crippen molar-refractivity contribution in [3.63, 3.8) is 0 Å². The van der Waals surface area contributed by atoms with Gasteiger partial charge in [-0.05, 0) is 160 Å². The summed E-state index contributed by atoms with van der Waals surface area (Å²) in [6, 6.07) is 74.8. The topological polar surface area (TPSA) is 33.1 Å². The number of para-hydroxylation sites is 2. The zero-order valence-corrected chi connectivity index (χ0v) is 52.2. The molecule has 5 nitrogen and oxygen atoms in total. The first-order valence-electron chi connectivity index (χ1n) is 32.1. The molecule has 0 saturated carbocycles. The Morgan fingerprint density at radius 2 is 1.06 bits per heavy atom. The third-order valence-electron chi connectivity index (χ3n) is 18.3. The smallest absolute Gasteiger partial charge is 0.457 e. The molecule has 0 spiro atoms. The number of nitrogens with zero attached hydrogens (tertiary/aromatic N) is 4. The van der Waals surface area contributed by atoms with E-state index in [1.165, 1.54) is 33.4 Å². The van der Waals surface area contributed by atoms with Gasteiger partial charge in [-0.2, -0.15) is 0 Å². The van der Waals surface area contributed by atoms with Gasteiger partial charge in [0, 0.05) is 50.9 Å². The number of aromatic nitrogens is 2. The first kappa shape index (κ1) is 52.6. The molecule has 0 N–H and O–H groups in total. The molecule has 0 amide bonds. The Kier molecular flexibility index (Phi) is 12.7. The number of rotatable bonds is 9. The van der Waals surface area contributed by atoms with Crippen molar-refractivity contribution in [3.05, 3.63) is 240 Å². The molecule has 2 aromatic heterocycles. The van der Waals surface area contributed by atoms with Crippen LogP contribution >= 0.6 is 0 Å². The first-order chi connectivity index (χ1) is 42.1. The lowest BCUT2D eigenvalue weighted by Gasteiger charge is -2.42. The number of aryl methyl sites for hydroxylation is 1. The van der Waals surface area contributed by atoms with Crippen molar-refractivity contribution in [1.82, 2.24) is 18.7 Å². The molecule has 5 heteroatoms. The zero-order chi connectivity index (χ0) is 62.7. The molecule has 13 rings (SSSR count). The molecule has 0 fully saturated rings. The minimum Gasteiger partial charge on any atom is -0.457 e. The average molecular weight is 1130 g/mol. The van der Waals surface area contributed by atoms with Gasteiger partial charge in [0.15, 0.2) is 0 Å². The molecule has 0 bridgehead atoms. The maximum atomic E-state index is 9.06. The summed E-state index contributed by atoms with van der Waals surface area (Å²) < 4.78 is 40.7. The van der Waals surface area contributed by atoms with Crippen LogP contribution in [0.4, 0.5) is 22.7 Å². The Bertz CT molecular complexity index is 4680. The predicted molar refractivity (Wildman–Crippen MR) is 364 cm³/mol. The number of hydrogen-bond donors (Lipinski definition) is 0. The third kappa shape index (κ3) is 10.1. The van der Waals surface area contributed by atoms with Gasteiger partial charge >= 0.3 is 6.01 Å². The van der Waals surface area contributed by atoms with Gasteiger partial charge in [-0.15, -0.1) is 0 Å². The largest absolute Gasteiger partial charge is 0.503 e. The van der Waals surface area contributed by atoms with Crippen molar-refractivity contribution in [2.24, 2.45) is 0 Å². The second kappa shape index (κ2) is 20.7. The van der Waals surface area contributed by atoms with Crippen molar-refractivity contribution >= 4 is 50.6 Å². The molecule has 3 heterocycles. The SMILES string of the molecule is [2H]C([2H])([2H])c1cc(-n2c3cc(Oc4cccc([N+]5=C=[N+](c6c(-c7ccccc7)cc(C(C)(C)C)cc6-c6cc(C(C)(C)C)cc(C(C)(C)C)c6)c6ccccc65)c4)ccc3c3c(-c4ccccc4)cccc32)ncc1-c1ccc2c(c1)C(C)(C)CCC2(C)C. The molecule has 428 valence electrons. The monoisotopic (exact) mass is 1130 g/mol. The van der Waals surface area contributed by atoms with Crippen LogP contribution in [-0.2, 0) is 27.1 Å². The van der Waals surface area contributed by atoms with Gasteiger partial charge in [0.1, 0.15) is 17.3 Å². The van der Waals surface area contributed by atoms with E-state index >= 15 is 0 Å². The van der Waals surface area contributed by atoms with Crippen molar-refractivity contribution in [3.8, 4) is 61.8 Å². The summed E-state index contributed by atoms with van der Waals surface area (Å²) in [5.41, 5.74) is 20.2. The Hall–Kier alpha value is -8.89. The maximum absolute atomic E-state index is 9.06. The summed E-state index contributed by atoms with van der Waals surface area (Å²) in [7, 11) is 0. The van der Waals surface area contributed by atoms with Crippen LogP contribution in [0.3, 0.4) is 0 Å². The lowest BCUT2D eigenvalue weighted by Crippen LogP contribution is -2.33. The Labute approximate surface area is 513 Å². The van der Waals surface area contributed by atoms with Gasteiger partial charge in [0.05, 0.1) is 28.2 Å². The number of pyridine rings is 1. The number of fused-ring (bicyclic) bond motifs is 5. The molecule has 1 aliphatic carbocycles. The Morgan fingerprint density at radius 3 is 1.71 bits per heavy atom. The van der Waals surface area contributed by atoms with E-state index < -0.39 is 6.85 Å². The van der Waals surface area contributed by atoms with Crippen molar-refractivity contribution in [2.45, 2.75) is 137 Å². The van der Waals surface area contributed by atoms with Gasteiger partial charge in [-0.25, -0.2) is 4.98 Å². The minimum atomic E-state index is -2.44. The molecule has 0 saturated heterocycles. The van der Waals surface area contributed by atoms with Crippen LogP contribution in [0.1, 0.15) is 140 Å². The van der Waals surface area contributed by atoms with Crippen LogP contribution in [0.15, 0.2) is 206 Å². The highest BCUT2D eigenvalue weighted by molar-refractivity contribution is 6.16. The van der Waals surface area contributed by atoms with Crippen molar-refractivity contribution in [2.75, 3.05) is 0 Å². The van der Waals surface area contributed by atoms with E-state index in [-0.39, 0.29) is 32.6 Å². The summed E-state index contributed by atoms with van der Waals surface area (Å²) in [5.74, 6) is 1.77. The number of hydrogen-bond acceptors (Lipinski definition) is 2. The second-order valence-electron chi connectivity index (χ2n) is 28.4. The lowest BCUT2D eigenvalue weighted by molar-refractivity contribution is 0.332. The van der Waals surface area contributed by atoms with E-state index in [2.05, 4.69) is 280 Å². The third-order valence-corrected chi connectivity index (χ3v) is 18.3. The second-order valence-corrected chi connectivity index (χ2v) is 28.4. The van der Waals surface area contributed by atoms with Crippen LogP contribution in [0.5, 0.6) is 11.5 Å². The van der Waals surface area contributed by atoms with Crippen LogP contribution in [0.2, 0.25) is 0 Å². The summed E-state index contributed by atoms with van der Waals surface area (Å²) >= 11 is 0. The quantitative estimate of drug-likeness (QED) is 0.135. The molecule has 0 radical (unpaired) electrons. The van der Waals surface area contributed by atoms with E-state index in [1.54, 1.807) is 12.3 Å². The molecular weight excluding hydrogens is 1040 g/mol. The zero-order valence-electron chi connectivity index (χ0n) is 55.2. The van der Waals surface area contributed by atoms with E-state index in [1.807, 2.05) is 24.3 Å². The van der Waals surface area contributed by atoms with Gasteiger partial charge in [-0.3, -0.25) is 4.57 Å². The summed E-state index contributed by atoms with van der Waals surface area (Å²) in [6.07, 6.45) is 3.92. The Morgan fingerprint density at radius 1 is 0.477 bits per heavy atom. The summed E-state index contributed by atoms with van der Waals surface area (Å²) in [4.78, 5) is 5.21. The van der Waals surface area contributed by atoms with Crippen molar-refractivity contribution in [1.29, 1.82) is 0 Å². The maximum Gasteiger partial charge on any atom is 0.503 e. The molecule has 0 unspecified atom stereocenters. The molecule has 0 atom stereocenters. The fourth-order valence-electron chi connectivity index (χ4n) is 13.0. The van der Waals surface area contributed by atoms with E-state index in [9.17, 15) is 0 Å².